The number of aryl methyl sites for hydroxylation is 1. The molecule has 1 saturated heterocycles. The summed E-state index contributed by atoms with van der Waals surface area (Å²) >= 11 is 0. The minimum atomic E-state index is -0.634. The van der Waals surface area contributed by atoms with Crippen LogP contribution >= 0.6 is 0 Å². The monoisotopic (exact) mass is 410 g/mol. The smallest absolute Gasteiger partial charge is 0.311 e. The molecule has 0 bridgehead atoms. The van der Waals surface area contributed by atoms with E-state index in [0.29, 0.717) is 17.9 Å². The van der Waals surface area contributed by atoms with Crippen molar-refractivity contribution >= 4 is 23.5 Å². The van der Waals surface area contributed by atoms with Gasteiger partial charge < -0.3 is 19.7 Å². The van der Waals surface area contributed by atoms with E-state index < -0.39 is 17.9 Å². The minimum Gasteiger partial charge on any atom is -0.496 e. The fourth-order valence-corrected chi connectivity index (χ4v) is 3.73. The van der Waals surface area contributed by atoms with Crippen molar-refractivity contribution in [3.63, 3.8) is 0 Å². The van der Waals surface area contributed by atoms with Gasteiger partial charge in [-0.15, -0.1) is 0 Å². The van der Waals surface area contributed by atoms with Crippen LogP contribution in [0, 0.1) is 12.8 Å². The normalized spacial score (nSPS) is 18.6. The third-order valence-electron chi connectivity index (χ3n) is 5.29. The topological polar surface area (TPSA) is 84.9 Å². The number of likely N-dealkylation sites (N-methyl/N-ethyl adjacent to an activating group) is 1. The van der Waals surface area contributed by atoms with Gasteiger partial charge in [-0.1, -0.05) is 35.9 Å². The largest absolute Gasteiger partial charge is 0.496 e. The van der Waals surface area contributed by atoms with Crippen molar-refractivity contribution < 1.29 is 23.9 Å². The highest BCUT2D eigenvalue weighted by molar-refractivity contribution is 5.97. The van der Waals surface area contributed by atoms with Gasteiger partial charge in [0.2, 0.25) is 5.91 Å². The van der Waals surface area contributed by atoms with Crippen molar-refractivity contribution in [1.29, 1.82) is 0 Å². The average molecular weight is 410 g/mol. The summed E-state index contributed by atoms with van der Waals surface area (Å²) in [7, 11) is 3.03. The van der Waals surface area contributed by atoms with Gasteiger partial charge in [-0.2, -0.15) is 0 Å². The number of esters is 1. The van der Waals surface area contributed by atoms with Gasteiger partial charge in [0.25, 0.3) is 5.91 Å². The van der Waals surface area contributed by atoms with E-state index in [1.807, 2.05) is 49.4 Å². The molecule has 158 valence electrons. The Morgan fingerprint density at radius 1 is 1.13 bits per heavy atom. The molecule has 0 aromatic heterocycles. The molecule has 3 rings (SSSR count). The van der Waals surface area contributed by atoms with Crippen molar-refractivity contribution in [3.05, 3.63) is 59.7 Å². The van der Waals surface area contributed by atoms with Crippen LogP contribution in [0.1, 0.15) is 30.0 Å². The number of ether oxygens (including phenoxy) is 2. The molecule has 1 aliphatic heterocycles. The third-order valence-corrected chi connectivity index (χ3v) is 5.29. The highest BCUT2D eigenvalue weighted by Gasteiger charge is 2.43. The lowest BCUT2D eigenvalue weighted by Gasteiger charge is -2.40. The molecule has 2 aromatic rings. The molecule has 2 atom stereocenters. The Balaban J connectivity index is 2.05. The number of para-hydroxylation sites is 1. The lowest BCUT2D eigenvalue weighted by Crippen LogP contribution is -2.46. The number of carbonyl (C=O) groups is 3. The molecule has 7 heteroatoms. The van der Waals surface area contributed by atoms with Gasteiger partial charge in [0.15, 0.2) is 6.61 Å². The maximum absolute atomic E-state index is 13.0. The molecule has 0 radical (unpaired) electrons. The minimum absolute atomic E-state index is 0.0786. The van der Waals surface area contributed by atoms with Crippen LogP contribution in [0.3, 0.4) is 0 Å². The molecule has 2 aromatic carbocycles. The van der Waals surface area contributed by atoms with Gasteiger partial charge in [0, 0.05) is 24.7 Å². The highest BCUT2D eigenvalue weighted by Crippen LogP contribution is 2.43. The predicted octanol–water partition coefficient (Wildman–Crippen LogP) is 2.78. The second kappa shape index (κ2) is 9.43. The van der Waals surface area contributed by atoms with Crippen LogP contribution in [0.25, 0.3) is 0 Å². The highest BCUT2D eigenvalue weighted by atomic mass is 16.5. The van der Waals surface area contributed by atoms with E-state index in [1.165, 1.54) is 7.05 Å². The molecule has 0 aliphatic carbocycles. The molecule has 7 nitrogen and oxygen atoms in total. The van der Waals surface area contributed by atoms with Crippen LogP contribution in [0.15, 0.2) is 48.5 Å². The van der Waals surface area contributed by atoms with Gasteiger partial charge in [-0.05, 0) is 31.5 Å². The fraction of sp³-hybridized carbons (Fsp3) is 0.348. The van der Waals surface area contributed by atoms with Gasteiger partial charge in [-0.3, -0.25) is 14.4 Å². The van der Waals surface area contributed by atoms with Crippen molar-refractivity contribution in [3.8, 4) is 5.75 Å². The lowest BCUT2D eigenvalue weighted by atomic mass is 9.83. The first-order chi connectivity index (χ1) is 14.5. The number of carbonyl (C=O) groups excluding carboxylic acids is 3. The zero-order valence-electron chi connectivity index (χ0n) is 17.4. The van der Waals surface area contributed by atoms with E-state index in [2.05, 4.69) is 5.32 Å². The Hall–Kier alpha value is -3.35. The maximum Gasteiger partial charge on any atom is 0.311 e. The van der Waals surface area contributed by atoms with E-state index >= 15 is 0 Å². The molecule has 1 N–H and O–H groups in total. The molecular formula is C23H26N2O5. The van der Waals surface area contributed by atoms with E-state index in [1.54, 1.807) is 18.1 Å². The zero-order chi connectivity index (χ0) is 21.7. The number of nitrogens with one attached hydrogen (secondary N) is 1. The number of anilines is 1. The Kier molecular flexibility index (Phi) is 6.72. The summed E-state index contributed by atoms with van der Waals surface area (Å²) in [6, 6.07) is 14.3. The van der Waals surface area contributed by atoms with Crippen molar-refractivity contribution in [2.24, 2.45) is 5.92 Å². The number of hydrogen-bond donors (Lipinski definition) is 1. The van der Waals surface area contributed by atoms with Crippen LogP contribution in [-0.2, 0) is 19.1 Å². The SMILES string of the molecule is CNC(=O)COC(=O)[C@H]1CCC(=O)N(c2ccc(C)cc2)[C@H]1c1ccccc1OC. The number of amides is 2. The quantitative estimate of drug-likeness (QED) is 0.741. The van der Waals surface area contributed by atoms with E-state index in [0.717, 1.165) is 11.1 Å². The molecule has 0 saturated carbocycles. The van der Waals surface area contributed by atoms with Crippen molar-refractivity contribution in [2.75, 3.05) is 25.7 Å². The second-order valence-electron chi connectivity index (χ2n) is 7.21. The molecule has 1 heterocycles. The first-order valence-electron chi connectivity index (χ1n) is 9.85. The van der Waals surface area contributed by atoms with Gasteiger partial charge >= 0.3 is 5.97 Å². The lowest BCUT2D eigenvalue weighted by molar-refractivity contribution is -0.154. The summed E-state index contributed by atoms with van der Waals surface area (Å²) in [5.74, 6) is -1.04. The van der Waals surface area contributed by atoms with Crippen molar-refractivity contribution in [1.82, 2.24) is 5.32 Å². The Morgan fingerprint density at radius 2 is 1.83 bits per heavy atom. The Morgan fingerprint density at radius 3 is 2.50 bits per heavy atom. The summed E-state index contributed by atoms with van der Waals surface area (Å²) in [4.78, 5) is 39.2. The van der Waals surface area contributed by atoms with Crippen LogP contribution in [-0.4, -0.2) is 38.5 Å². The van der Waals surface area contributed by atoms with Crippen LogP contribution < -0.4 is 15.0 Å². The number of hydrogen-bond acceptors (Lipinski definition) is 5. The molecule has 1 aliphatic rings. The Labute approximate surface area is 176 Å². The average Bonchev–Trinajstić information content (AvgIpc) is 2.77. The summed E-state index contributed by atoms with van der Waals surface area (Å²) in [5, 5.41) is 2.43. The molecule has 0 spiro atoms. The molecule has 30 heavy (non-hydrogen) atoms. The molecule has 1 fully saturated rings. The number of nitrogens with zero attached hydrogens (tertiary/aromatic N) is 1. The number of methoxy groups -OCH3 is 1. The van der Waals surface area contributed by atoms with Crippen LogP contribution in [0.5, 0.6) is 5.75 Å². The zero-order valence-corrected chi connectivity index (χ0v) is 17.4. The van der Waals surface area contributed by atoms with Crippen LogP contribution in [0.4, 0.5) is 5.69 Å². The Bertz CT molecular complexity index is 925. The fourth-order valence-electron chi connectivity index (χ4n) is 3.73. The van der Waals surface area contributed by atoms with Crippen LogP contribution in [0.2, 0.25) is 0 Å². The summed E-state index contributed by atoms with van der Waals surface area (Å²) < 4.78 is 10.8. The summed E-state index contributed by atoms with van der Waals surface area (Å²) in [6.07, 6.45) is 0.537. The van der Waals surface area contributed by atoms with E-state index in [9.17, 15) is 14.4 Å². The molecule has 0 unspecified atom stereocenters. The summed E-state index contributed by atoms with van der Waals surface area (Å²) in [5.41, 5.74) is 2.49. The maximum atomic E-state index is 13.0. The first kappa shape index (κ1) is 21.4. The van der Waals surface area contributed by atoms with Crippen molar-refractivity contribution in [2.45, 2.75) is 25.8 Å². The van der Waals surface area contributed by atoms with E-state index in [-0.39, 0.29) is 24.8 Å². The summed E-state index contributed by atoms with van der Waals surface area (Å²) in [6.45, 7) is 1.61. The van der Waals surface area contributed by atoms with Gasteiger partial charge in [0.1, 0.15) is 5.75 Å². The standard InChI is InChI=1S/C23H26N2O5/c1-15-8-10-16(11-9-15)25-21(27)13-12-18(23(28)30-14-20(26)24-2)22(25)17-6-4-5-7-19(17)29-3/h4-11,18,22H,12-14H2,1-3H3,(H,24,26)/t18-,22-/m0/s1. The molecular weight excluding hydrogens is 384 g/mol. The number of piperidine rings is 1. The third kappa shape index (κ3) is 4.45. The first-order valence-corrected chi connectivity index (χ1v) is 9.85. The number of rotatable bonds is 6. The van der Waals surface area contributed by atoms with E-state index in [4.69, 9.17) is 9.47 Å². The second-order valence-corrected chi connectivity index (χ2v) is 7.21. The van der Waals surface area contributed by atoms with Gasteiger partial charge in [-0.25, -0.2) is 0 Å². The molecule has 2 amide bonds. The number of benzene rings is 2. The van der Waals surface area contributed by atoms with Gasteiger partial charge in [0.05, 0.1) is 19.1 Å². The predicted molar refractivity (Wildman–Crippen MR) is 112 cm³/mol.